The number of urea groups is 1. The van der Waals surface area contributed by atoms with Crippen LogP contribution >= 0.6 is 0 Å². The van der Waals surface area contributed by atoms with Crippen LogP contribution in [0.3, 0.4) is 0 Å². The number of carbonyl (C=O) groups is 3. The van der Waals surface area contributed by atoms with Crippen molar-refractivity contribution in [1.82, 2.24) is 10.2 Å². The van der Waals surface area contributed by atoms with Gasteiger partial charge in [-0.1, -0.05) is 69.3 Å². The number of nitrogens with one attached hydrogen (secondary N) is 2. The number of amides is 4. The lowest BCUT2D eigenvalue weighted by atomic mass is 9.91. The fraction of sp³-hybridized carbons (Fsp3) is 0.344. The van der Waals surface area contributed by atoms with Gasteiger partial charge in [-0.25, -0.2) is 14.1 Å². The maximum Gasteiger partial charge on any atom is 0.325 e. The molecule has 3 aromatic carbocycles. The molecule has 0 aromatic heterocycles. The lowest BCUT2D eigenvalue weighted by Crippen LogP contribution is -2.50. The highest BCUT2D eigenvalue weighted by atomic mass is 19.1. The van der Waals surface area contributed by atoms with Crippen LogP contribution in [0.1, 0.15) is 62.3 Å². The van der Waals surface area contributed by atoms with E-state index in [2.05, 4.69) is 10.6 Å². The quantitative estimate of drug-likeness (QED) is 0.307. The number of nitrogens with zero attached hydrogens (tertiary/aromatic N) is 1. The number of benzene rings is 3. The van der Waals surface area contributed by atoms with Crippen molar-refractivity contribution in [1.29, 1.82) is 0 Å². The summed E-state index contributed by atoms with van der Waals surface area (Å²) in [4.78, 5) is 41.4. The van der Waals surface area contributed by atoms with Crippen LogP contribution in [-0.2, 0) is 9.59 Å². The first kappa shape index (κ1) is 28.8. The van der Waals surface area contributed by atoms with Crippen LogP contribution in [0, 0.1) is 18.7 Å². The summed E-state index contributed by atoms with van der Waals surface area (Å²) >= 11 is 0. The van der Waals surface area contributed by atoms with Crippen molar-refractivity contribution in [3.05, 3.63) is 95.3 Å². The summed E-state index contributed by atoms with van der Waals surface area (Å²) in [5, 5.41) is 5.31. The molecule has 2 unspecified atom stereocenters. The number of aryl methyl sites for hydroxylation is 1. The Bertz CT molecular complexity index is 1340. The zero-order chi connectivity index (χ0) is 28.8. The second kappa shape index (κ2) is 12.8. The van der Waals surface area contributed by atoms with Gasteiger partial charge < -0.3 is 15.4 Å². The Balaban J connectivity index is 0.00000181. The molecule has 2 N–H and O–H groups in total. The Morgan fingerprint density at radius 1 is 1.05 bits per heavy atom. The third kappa shape index (κ3) is 6.50. The van der Waals surface area contributed by atoms with E-state index in [-0.39, 0.29) is 5.69 Å². The number of ether oxygens (including phenoxy) is 1. The van der Waals surface area contributed by atoms with Crippen molar-refractivity contribution in [2.24, 2.45) is 5.92 Å². The van der Waals surface area contributed by atoms with E-state index in [4.69, 9.17) is 4.74 Å². The second-order valence-electron chi connectivity index (χ2n) is 10.0. The summed E-state index contributed by atoms with van der Waals surface area (Å²) in [7, 11) is 0. The monoisotopic (exact) mass is 545 g/mol. The van der Waals surface area contributed by atoms with Gasteiger partial charge in [-0.05, 0) is 66.6 Å². The molecule has 1 saturated heterocycles. The number of anilines is 1. The van der Waals surface area contributed by atoms with Crippen molar-refractivity contribution in [3.8, 4) is 5.75 Å². The highest BCUT2D eigenvalue weighted by Gasteiger charge is 2.47. The van der Waals surface area contributed by atoms with Gasteiger partial charge in [0.15, 0.2) is 0 Å². The molecule has 2 fully saturated rings. The van der Waals surface area contributed by atoms with Crippen LogP contribution in [0.4, 0.5) is 14.9 Å². The van der Waals surface area contributed by atoms with E-state index in [9.17, 15) is 18.8 Å². The summed E-state index contributed by atoms with van der Waals surface area (Å²) < 4.78 is 20.3. The minimum Gasteiger partial charge on any atom is -0.493 e. The first-order valence-corrected chi connectivity index (χ1v) is 13.8. The molecule has 0 spiro atoms. The van der Waals surface area contributed by atoms with Crippen LogP contribution in [0.2, 0.25) is 0 Å². The van der Waals surface area contributed by atoms with Gasteiger partial charge in [0, 0.05) is 5.92 Å². The molecule has 210 valence electrons. The van der Waals surface area contributed by atoms with Crippen molar-refractivity contribution in [2.75, 3.05) is 11.9 Å². The SMILES string of the molecule is CC.Cc1ccc(NC(=O)C(C(C)c2ccccc2)N2C(=O)N[C@H](c3ccc(OCC4CC4)cc3)C2=O)c(F)c1. The van der Waals surface area contributed by atoms with Crippen LogP contribution in [0.15, 0.2) is 72.8 Å². The molecule has 4 amide bonds. The van der Waals surface area contributed by atoms with E-state index in [0.717, 1.165) is 10.5 Å². The molecule has 1 heterocycles. The van der Waals surface area contributed by atoms with Gasteiger partial charge >= 0.3 is 6.03 Å². The molecule has 2 aliphatic rings. The standard InChI is InChI=1S/C30H30FN3O4.C2H6/c1-18-8-15-25(24(31)16-18)32-28(35)27(19(2)21-6-4-3-5-7-21)34-29(36)26(33-30(34)37)22-11-13-23(14-12-22)38-17-20-9-10-20;1-2/h3-8,11-16,19-20,26-27H,9-10,17H2,1-2H3,(H,32,35)(H,33,37);1-2H3/t19?,26-,27?;/m1./s1. The predicted molar refractivity (Wildman–Crippen MR) is 153 cm³/mol. The molecular weight excluding hydrogens is 509 g/mol. The van der Waals surface area contributed by atoms with Crippen LogP contribution in [0.25, 0.3) is 0 Å². The van der Waals surface area contributed by atoms with Crippen molar-refractivity contribution >= 4 is 23.5 Å². The zero-order valence-corrected chi connectivity index (χ0v) is 23.3. The van der Waals surface area contributed by atoms with Gasteiger partial charge in [-0.15, -0.1) is 0 Å². The second-order valence-corrected chi connectivity index (χ2v) is 10.0. The third-order valence-electron chi connectivity index (χ3n) is 7.10. The number of imide groups is 1. The van der Waals surface area contributed by atoms with Crippen LogP contribution < -0.4 is 15.4 Å². The number of hydrogen-bond acceptors (Lipinski definition) is 4. The molecule has 3 aromatic rings. The lowest BCUT2D eigenvalue weighted by molar-refractivity contribution is -0.134. The van der Waals surface area contributed by atoms with Gasteiger partial charge in [0.1, 0.15) is 23.7 Å². The number of rotatable bonds is 9. The molecular formula is C32H36FN3O4. The fourth-order valence-corrected chi connectivity index (χ4v) is 4.67. The molecule has 5 rings (SSSR count). The van der Waals surface area contributed by atoms with Crippen LogP contribution in [0.5, 0.6) is 5.75 Å². The lowest BCUT2D eigenvalue weighted by Gasteiger charge is -2.30. The van der Waals surface area contributed by atoms with Gasteiger partial charge in [-0.3, -0.25) is 9.59 Å². The molecule has 8 heteroatoms. The molecule has 40 heavy (non-hydrogen) atoms. The van der Waals surface area contributed by atoms with Gasteiger partial charge in [0.2, 0.25) is 5.91 Å². The average molecular weight is 546 g/mol. The van der Waals surface area contributed by atoms with Gasteiger partial charge in [0.25, 0.3) is 5.91 Å². The summed E-state index contributed by atoms with van der Waals surface area (Å²) in [6.07, 6.45) is 2.37. The van der Waals surface area contributed by atoms with E-state index in [1.165, 1.54) is 25.0 Å². The predicted octanol–water partition coefficient (Wildman–Crippen LogP) is 6.35. The third-order valence-corrected chi connectivity index (χ3v) is 7.10. The Kier molecular flexibility index (Phi) is 9.19. The summed E-state index contributed by atoms with van der Waals surface area (Å²) in [5.41, 5.74) is 2.03. The summed E-state index contributed by atoms with van der Waals surface area (Å²) in [5.74, 6) is -1.04. The molecule has 3 atom stereocenters. The van der Waals surface area contributed by atoms with E-state index >= 15 is 0 Å². The van der Waals surface area contributed by atoms with Crippen LogP contribution in [-0.4, -0.2) is 35.4 Å². The highest BCUT2D eigenvalue weighted by molar-refractivity contribution is 6.10. The molecule has 0 bridgehead atoms. The number of hydrogen-bond donors (Lipinski definition) is 2. The van der Waals surface area contributed by atoms with Crippen molar-refractivity contribution in [2.45, 2.75) is 58.5 Å². The van der Waals surface area contributed by atoms with E-state index in [0.29, 0.717) is 29.4 Å². The number of halogens is 1. The summed E-state index contributed by atoms with van der Waals surface area (Å²) in [6.45, 7) is 8.18. The van der Waals surface area contributed by atoms with Gasteiger partial charge in [-0.2, -0.15) is 0 Å². The van der Waals surface area contributed by atoms with E-state index < -0.39 is 41.7 Å². The first-order chi connectivity index (χ1) is 19.3. The van der Waals surface area contributed by atoms with E-state index in [1.54, 1.807) is 44.2 Å². The molecule has 1 saturated carbocycles. The highest BCUT2D eigenvalue weighted by Crippen LogP contribution is 2.33. The average Bonchev–Trinajstić information content (AvgIpc) is 3.76. The van der Waals surface area contributed by atoms with Crippen molar-refractivity contribution < 1.29 is 23.5 Å². The maximum atomic E-state index is 14.6. The minimum absolute atomic E-state index is 0.0174. The number of carbonyl (C=O) groups excluding carboxylic acids is 3. The Labute approximate surface area is 234 Å². The zero-order valence-electron chi connectivity index (χ0n) is 23.3. The molecule has 7 nitrogen and oxygen atoms in total. The summed E-state index contributed by atoms with van der Waals surface area (Å²) in [6, 6.07) is 17.8. The van der Waals surface area contributed by atoms with Gasteiger partial charge in [0.05, 0.1) is 12.3 Å². The maximum absolute atomic E-state index is 14.6. The first-order valence-electron chi connectivity index (χ1n) is 13.8. The fourth-order valence-electron chi connectivity index (χ4n) is 4.67. The molecule has 1 aliphatic heterocycles. The van der Waals surface area contributed by atoms with E-state index in [1.807, 2.05) is 44.2 Å². The van der Waals surface area contributed by atoms with Crippen molar-refractivity contribution in [3.63, 3.8) is 0 Å². The topological polar surface area (TPSA) is 87.7 Å². The molecule has 0 radical (unpaired) electrons. The minimum atomic E-state index is -1.21. The normalized spacial score (nSPS) is 17.8. The smallest absolute Gasteiger partial charge is 0.325 e. The Morgan fingerprint density at radius 3 is 2.35 bits per heavy atom. The Hall–Kier alpha value is -4.20. The Morgan fingerprint density at radius 2 is 1.73 bits per heavy atom. The molecule has 1 aliphatic carbocycles. The largest absolute Gasteiger partial charge is 0.493 e.